The number of rotatable bonds is 1. The van der Waals surface area contributed by atoms with Crippen molar-refractivity contribution in [3.05, 3.63) is 58.4 Å². The van der Waals surface area contributed by atoms with Crippen LogP contribution in [0.3, 0.4) is 0 Å². The predicted molar refractivity (Wildman–Crippen MR) is 92.3 cm³/mol. The number of pyridine rings is 1. The number of aromatic amines is 1. The maximum atomic E-state index is 11.8. The number of nitrogens with one attached hydrogen (secondary N) is 1. The molecule has 6 heteroatoms. The third-order valence-electron chi connectivity index (χ3n) is 4.30. The first-order chi connectivity index (χ1) is 11.4. The van der Waals surface area contributed by atoms with Crippen molar-refractivity contribution in [2.24, 2.45) is 0 Å². The molecule has 24 heavy (non-hydrogen) atoms. The summed E-state index contributed by atoms with van der Waals surface area (Å²) in [7, 11) is -3.28. The highest BCUT2D eigenvalue weighted by Crippen LogP contribution is 2.39. The van der Waals surface area contributed by atoms with Crippen LogP contribution in [0.4, 0.5) is 0 Å². The molecule has 122 valence electrons. The zero-order valence-corrected chi connectivity index (χ0v) is 13.8. The Morgan fingerprint density at radius 1 is 1.04 bits per heavy atom. The van der Waals surface area contributed by atoms with Crippen LogP contribution < -0.4 is 10.3 Å². The molecule has 0 spiro atoms. The maximum Gasteiger partial charge on any atom is 0.248 e. The summed E-state index contributed by atoms with van der Waals surface area (Å²) in [5.74, 6) is 0.570. The minimum atomic E-state index is -3.28. The van der Waals surface area contributed by atoms with Crippen LogP contribution in [0, 0.1) is 0 Å². The van der Waals surface area contributed by atoms with Crippen LogP contribution in [0.25, 0.3) is 22.0 Å². The van der Waals surface area contributed by atoms with Gasteiger partial charge in [0, 0.05) is 35.2 Å². The summed E-state index contributed by atoms with van der Waals surface area (Å²) in [4.78, 5) is 14.6. The normalized spacial score (nSPS) is 13.7. The van der Waals surface area contributed by atoms with Gasteiger partial charge in [-0.1, -0.05) is 6.07 Å². The summed E-state index contributed by atoms with van der Waals surface area (Å²) in [6, 6.07) is 12.1. The average Bonchev–Trinajstić information content (AvgIpc) is 2.72. The highest BCUT2D eigenvalue weighted by atomic mass is 32.2. The van der Waals surface area contributed by atoms with E-state index in [0.717, 1.165) is 27.6 Å². The van der Waals surface area contributed by atoms with Crippen molar-refractivity contribution in [2.45, 2.75) is 11.3 Å². The highest BCUT2D eigenvalue weighted by molar-refractivity contribution is 7.90. The second-order valence-corrected chi connectivity index (χ2v) is 7.92. The Bertz CT molecular complexity index is 1130. The minimum Gasteiger partial charge on any atom is -0.493 e. The van der Waals surface area contributed by atoms with Gasteiger partial charge in [-0.3, -0.25) is 4.79 Å². The fourth-order valence-electron chi connectivity index (χ4n) is 3.16. The smallest absolute Gasteiger partial charge is 0.248 e. The number of H-pyrrole nitrogens is 1. The first-order valence-electron chi connectivity index (χ1n) is 7.56. The van der Waals surface area contributed by atoms with Crippen molar-refractivity contribution >= 4 is 20.7 Å². The van der Waals surface area contributed by atoms with Crippen molar-refractivity contribution in [3.8, 4) is 16.9 Å². The Labute approximate surface area is 138 Å². The van der Waals surface area contributed by atoms with E-state index in [4.69, 9.17) is 4.74 Å². The summed E-state index contributed by atoms with van der Waals surface area (Å²) in [5.41, 5.74) is 3.61. The molecule has 1 aliphatic heterocycles. The maximum absolute atomic E-state index is 11.8. The van der Waals surface area contributed by atoms with E-state index in [0.29, 0.717) is 18.8 Å². The molecule has 3 aromatic rings. The standard InChI is InChI=1S/C18H15NO4S/c1-24(21,22)11-2-3-15-12-4-6-16-14(5-7-18(20)19-16)13(12)8-9-23-17(15)10-11/h2-7,10H,8-9H2,1H3,(H,19,20). The van der Waals surface area contributed by atoms with Crippen LogP contribution in [0.5, 0.6) is 5.75 Å². The Morgan fingerprint density at radius 2 is 1.83 bits per heavy atom. The second-order valence-electron chi connectivity index (χ2n) is 5.90. The number of ether oxygens (including phenoxy) is 1. The molecular weight excluding hydrogens is 326 g/mol. The molecule has 0 saturated carbocycles. The lowest BCUT2D eigenvalue weighted by atomic mass is 9.94. The van der Waals surface area contributed by atoms with E-state index in [1.165, 1.54) is 12.3 Å². The van der Waals surface area contributed by atoms with Crippen LogP contribution in [0.1, 0.15) is 5.56 Å². The lowest BCUT2D eigenvalue weighted by Crippen LogP contribution is -2.05. The molecule has 1 N–H and O–H groups in total. The van der Waals surface area contributed by atoms with E-state index in [-0.39, 0.29) is 10.5 Å². The molecule has 0 amide bonds. The minimum absolute atomic E-state index is 0.134. The van der Waals surface area contributed by atoms with Crippen LogP contribution in [0.2, 0.25) is 0 Å². The molecule has 4 rings (SSSR count). The summed E-state index contributed by atoms with van der Waals surface area (Å²) in [5, 5.41) is 0.982. The molecule has 0 saturated heterocycles. The Morgan fingerprint density at radius 3 is 2.62 bits per heavy atom. The van der Waals surface area contributed by atoms with E-state index in [1.54, 1.807) is 18.2 Å². The third-order valence-corrected chi connectivity index (χ3v) is 5.41. The number of hydrogen-bond acceptors (Lipinski definition) is 4. The molecule has 1 aliphatic rings. The van der Waals surface area contributed by atoms with Gasteiger partial charge in [-0.15, -0.1) is 0 Å². The first kappa shape index (κ1) is 15.0. The first-order valence-corrected chi connectivity index (χ1v) is 9.45. The molecule has 0 bridgehead atoms. The fraction of sp³-hybridized carbons (Fsp3) is 0.167. The van der Waals surface area contributed by atoms with Crippen molar-refractivity contribution in [2.75, 3.05) is 12.9 Å². The van der Waals surface area contributed by atoms with Gasteiger partial charge in [-0.25, -0.2) is 8.42 Å². The van der Waals surface area contributed by atoms with Crippen LogP contribution in [-0.4, -0.2) is 26.3 Å². The molecule has 2 heterocycles. The number of hydrogen-bond donors (Lipinski definition) is 1. The number of fused-ring (bicyclic) bond motifs is 5. The van der Waals surface area contributed by atoms with Gasteiger partial charge in [0.05, 0.1) is 11.5 Å². The summed E-state index contributed by atoms with van der Waals surface area (Å²) in [6.07, 6.45) is 1.87. The topological polar surface area (TPSA) is 76.2 Å². The number of sulfone groups is 1. The van der Waals surface area contributed by atoms with E-state index in [2.05, 4.69) is 4.98 Å². The van der Waals surface area contributed by atoms with E-state index in [1.807, 2.05) is 18.2 Å². The molecule has 5 nitrogen and oxygen atoms in total. The van der Waals surface area contributed by atoms with Crippen molar-refractivity contribution in [3.63, 3.8) is 0 Å². The Hall–Kier alpha value is -2.60. The molecular formula is C18H15NO4S. The lowest BCUT2D eigenvalue weighted by Gasteiger charge is -2.11. The zero-order valence-electron chi connectivity index (χ0n) is 13.0. The molecule has 2 aromatic carbocycles. The van der Waals surface area contributed by atoms with Gasteiger partial charge in [-0.05, 0) is 41.5 Å². The van der Waals surface area contributed by atoms with Crippen LogP contribution in [-0.2, 0) is 16.3 Å². The van der Waals surface area contributed by atoms with E-state index >= 15 is 0 Å². The highest BCUT2D eigenvalue weighted by Gasteiger charge is 2.20. The van der Waals surface area contributed by atoms with Gasteiger partial charge in [0.25, 0.3) is 0 Å². The zero-order chi connectivity index (χ0) is 16.9. The third kappa shape index (κ3) is 2.39. The van der Waals surface area contributed by atoms with Crippen molar-refractivity contribution < 1.29 is 13.2 Å². The molecule has 0 aliphatic carbocycles. The van der Waals surface area contributed by atoms with Crippen LogP contribution in [0.15, 0.2) is 52.2 Å². The van der Waals surface area contributed by atoms with Gasteiger partial charge < -0.3 is 9.72 Å². The average molecular weight is 341 g/mol. The Kier molecular flexibility index (Phi) is 3.25. The van der Waals surface area contributed by atoms with E-state index in [9.17, 15) is 13.2 Å². The fourth-order valence-corrected chi connectivity index (χ4v) is 3.79. The molecule has 0 unspecified atom stereocenters. The van der Waals surface area contributed by atoms with Gasteiger partial charge in [0.2, 0.25) is 5.56 Å². The lowest BCUT2D eigenvalue weighted by molar-refractivity contribution is 0.326. The monoisotopic (exact) mass is 341 g/mol. The molecule has 0 atom stereocenters. The quantitative estimate of drug-likeness (QED) is 0.738. The van der Waals surface area contributed by atoms with Gasteiger partial charge in [0.1, 0.15) is 5.75 Å². The second kappa shape index (κ2) is 5.21. The van der Waals surface area contributed by atoms with Crippen molar-refractivity contribution in [1.82, 2.24) is 4.98 Å². The molecule has 0 fully saturated rings. The van der Waals surface area contributed by atoms with Gasteiger partial charge in [0.15, 0.2) is 9.84 Å². The van der Waals surface area contributed by atoms with Crippen LogP contribution >= 0.6 is 0 Å². The van der Waals surface area contributed by atoms with Gasteiger partial charge in [-0.2, -0.15) is 0 Å². The molecule has 0 radical (unpaired) electrons. The largest absolute Gasteiger partial charge is 0.493 e. The Balaban J connectivity index is 1.99. The SMILES string of the molecule is CS(=O)(=O)c1ccc2c(c1)OCCc1c-2ccc2[nH]c(=O)ccc12. The summed E-state index contributed by atoms with van der Waals surface area (Å²) in [6.45, 7) is 0.450. The summed E-state index contributed by atoms with van der Waals surface area (Å²) < 4.78 is 29.3. The van der Waals surface area contributed by atoms with Gasteiger partial charge >= 0.3 is 0 Å². The van der Waals surface area contributed by atoms with Crippen molar-refractivity contribution in [1.29, 1.82) is 0 Å². The summed E-state index contributed by atoms with van der Waals surface area (Å²) >= 11 is 0. The number of benzene rings is 2. The van der Waals surface area contributed by atoms with E-state index < -0.39 is 9.84 Å². The number of aromatic nitrogens is 1. The molecule has 1 aromatic heterocycles. The predicted octanol–water partition coefficient (Wildman–Crippen LogP) is 2.53.